The highest BCUT2D eigenvalue weighted by molar-refractivity contribution is 5.77. The van der Waals surface area contributed by atoms with Crippen molar-refractivity contribution in [2.24, 2.45) is 5.92 Å². The zero-order valence-corrected chi connectivity index (χ0v) is 15.7. The highest BCUT2D eigenvalue weighted by atomic mass is 16.6. The van der Waals surface area contributed by atoms with Gasteiger partial charge in [-0.2, -0.15) is 0 Å². The molecule has 7 heteroatoms. The van der Waals surface area contributed by atoms with Gasteiger partial charge >= 0.3 is 6.09 Å². The molecule has 1 N–H and O–H groups in total. The number of carbonyl (C=O) groups is 2. The summed E-state index contributed by atoms with van der Waals surface area (Å²) in [5.41, 5.74) is 0.515. The van der Waals surface area contributed by atoms with E-state index < -0.39 is 11.7 Å². The number of alkyl carbamates (subject to hydrolysis) is 1. The number of hydrogen-bond acceptors (Lipinski definition) is 4. The third-order valence-electron chi connectivity index (χ3n) is 4.84. The number of aromatic nitrogens is 1. The normalized spacial score (nSPS) is 21.7. The fourth-order valence-corrected chi connectivity index (χ4v) is 3.84. The molecule has 2 aliphatic rings. The van der Waals surface area contributed by atoms with Crippen molar-refractivity contribution in [1.29, 1.82) is 0 Å². The lowest BCUT2D eigenvalue weighted by atomic mass is 9.83. The standard InChI is InChI=1S/C19H27N3O4/c1-19(2,3)26-18(25)20-8-7-16(23)21-10-13-9-14(12-21)15-5-4-6-17(24)22(15)11-13/h4-6,13-14H,7-12H2,1-3H3,(H,20,25)/t13-,14+/m1/s1. The summed E-state index contributed by atoms with van der Waals surface area (Å²) in [5.74, 6) is 0.547. The van der Waals surface area contributed by atoms with Gasteiger partial charge in [0, 0.05) is 50.3 Å². The maximum absolute atomic E-state index is 12.5. The van der Waals surface area contributed by atoms with E-state index in [9.17, 15) is 14.4 Å². The van der Waals surface area contributed by atoms with Crippen molar-refractivity contribution >= 4 is 12.0 Å². The van der Waals surface area contributed by atoms with E-state index in [1.54, 1.807) is 32.9 Å². The van der Waals surface area contributed by atoms with Crippen molar-refractivity contribution in [2.45, 2.75) is 51.7 Å². The summed E-state index contributed by atoms with van der Waals surface area (Å²) in [6, 6.07) is 5.37. The van der Waals surface area contributed by atoms with Crippen LogP contribution in [-0.2, 0) is 16.1 Å². The van der Waals surface area contributed by atoms with Gasteiger partial charge in [0.1, 0.15) is 5.60 Å². The Bertz CT molecular complexity index is 750. The van der Waals surface area contributed by atoms with E-state index in [0.29, 0.717) is 25.6 Å². The Morgan fingerprint density at radius 2 is 2.00 bits per heavy atom. The van der Waals surface area contributed by atoms with Crippen molar-refractivity contribution in [2.75, 3.05) is 19.6 Å². The minimum atomic E-state index is -0.552. The van der Waals surface area contributed by atoms with E-state index in [4.69, 9.17) is 4.74 Å². The van der Waals surface area contributed by atoms with Gasteiger partial charge in [-0.15, -0.1) is 0 Å². The Hall–Kier alpha value is -2.31. The molecule has 0 spiro atoms. The number of piperidine rings is 1. The van der Waals surface area contributed by atoms with Gasteiger partial charge in [0.05, 0.1) is 0 Å². The summed E-state index contributed by atoms with van der Waals surface area (Å²) in [6.07, 6.45) is 0.762. The van der Waals surface area contributed by atoms with Gasteiger partial charge in [0.25, 0.3) is 5.56 Å². The second-order valence-corrected chi connectivity index (χ2v) is 8.18. The first-order valence-corrected chi connectivity index (χ1v) is 9.17. The average molecular weight is 361 g/mol. The van der Waals surface area contributed by atoms with Crippen molar-refractivity contribution in [3.05, 3.63) is 34.2 Å². The summed E-state index contributed by atoms with van der Waals surface area (Å²) >= 11 is 0. The first-order valence-electron chi connectivity index (χ1n) is 9.17. The topological polar surface area (TPSA) is 80.6 Å². The molecule has 0 aromatic carbocycles. The van der Waals surface area contributed by atoms with Crippen LogP contribution in [0.2, 0.25) is 0 Å². The quantitative estimate of drug-likeness (QED) is 0.889. The van der Waals surface area contributed by atoms with Crippen LogP contribution in [0.4, 0.5) is 4.79 Å². The Morgan fingerprint density at radius 1 is 1.23 bits per heavy atom. The number of hydrogen-bond donors (Lipinski definition) is 1. The lowest BCUT2D eigenvalue weighted by Gasteiger charge is -2.42. The molecule has 2 aliphatic heterocycles. The van der Waals surface area contributed by atoms with Crippen molar-refractivity contribution in [3.63, 3.8) is 0 Å². The van der Waals surface area contributed by atoms with Crippen LogP contribution in [0.5, 0.6) is 0 Å². The van der Waals surface area contributed by atoms with Gasteiger partial charge in [-0.3, -0.25) is 9.59 Å². The number of fused-ring (bicyclic) bond motifs is 4. The summed E-state index contributed by atoms with van der Waals surface area (Å²) in [5, 5.41) is 2.63. The summed E-state index contributed by atoms with van der Waals surface area (Å²) in [6.45, 7) is 7.63. The minimum absolute atomic E-state index is 0.0301. The molecule has 3 rings (SSSR count). The molecular formula is C19H27N3O4. The number of nitrogens with one attached hydrogen (secondary N) is 1. The molecule has 26 heavy (non-hydrogen) atoms. The number of carbonyl (C=O) groups excluding carboxylic acids is 2. The lowest BCUT2D eigenvalue weighted by molar-refractivity contribution is -0.133. The summed E-state index contributed by atoms with van der Waals surface area (Å²) in [4.78, 5) is 38.1. The molecule has 1 aromatic heterocycles. The third kappa shape index (κ3) is 4.26. The SMILES string of the molecule is CC(C)(C)OC(=O)NCCC(=O)N1C[C@H]2C[C@@H](C1)c1cccc(=O)n1C2. The molecule has 0 unspecified atom stereocenters. The fraction of sp³-hybridized carbons (Fsp3) is 0.632. The van der Waals surface area contributed by atoms with Gasteiger partial charge in [0.2, 0.25) is 5.91 Å². The molecule has 142 valence electrons. The number of amides is 2. The zero-order valence-electron chi connectivity index (χ0n) is 15.7. The molecule has 2 atom stereocenters. The van der Waals surface area contributed by atoms with Crippen molar-refractivity contribution in [3.8, 4) is 0 Å². The molecule has 0 saturated carbocycles. The van der Waals surface area contributed by atoms with Crippen LogP contribution in [0.15, 0.2) is 23.0 Å². The summed E-state index contributed by atoms with van der Waals surface area (Å²) in [7, 11) is 0. The molecular weight excluding hydrogens is 334 g/mol. The zero-order chi connectivity index (χ0) is 18.9. The van der Waals surface area contributed by atoms with Crippen LogP contribution >= 0.6 is 0 Å². The predicted octanol–water partition coefficient (Wildman–Crippen LogP) is 1.71. The van der Waals surface area contributed by atoms with Gasteiger partial charge in [-0.1, -0.05) is 6.07 Å². The van der Waals surface area contributed by atoms with Crippen LogP contribution in [0.3, 0.4) is 0 Å². The van der Waals surface area contributed by atoms with Gasteiger partial charge in [0.15, 0.2) is 0 Å². The number of pyridine rings is 1. The Kier molecular flexibility index (Phi) is 5.07. The second kappa shape index (κ2) is 7.13. The number of likely N-dealkylation sites (tertiary alicyclic amines) is 1. The molecule has 1 fully saturated rings. The van der Waals surface area contributed by atoms with E-state index in [1.807, 2.05) is 15.5 Å². The van der Waals surface area contributed by atoms with Crippen LogP contribution < -0.4 is 10.9 Å². The van der Waals surface area contributed by atoms with Crippen molar-refractivity contribution < 1.29 is 14.3 Å². The highest BCUT2D eigenvalue weighted by Gasteiger charge is 2.35. The predicted molar refractivity (Wildman–Crippen MR) is 97.0 cm³/mol. The largest absolute Gasteiger partial charge is 0.444 e. The number of ether oxygens (including phenoxy) is 1. The lowest BCUT2D eigenvalue weighted by Crippen LogP contribution is -2.49. The van der Waals surface area contributed by atoms with E-state index >= 15 is 0 Å². The maximum atomic E-state index is 12.5. The minimum Gasteiger partial charge on any atom is -0.444 e. The maximum Gasteiger partial charge on any atom is 0.407 e. The molecule has 2 bridgehead atoms. The van der Waals surface area contributed by atoms with Gasteiger partial charge in [-0.05, 0) is 39.2 Å². The monoisotopic (exact) mass is 361 g/mol. The average Bonchev–Trinajstić information content (AvgIpc) is 2.54. The Morgan fingerprint density at radius 3 is 2.73 bits per heavy atom. The van der Waals surface area contributed by atoms with Crippen LogP contribution in [0.25, 0.3) is 0 Å². The second-order valence-electron chi connectivity index (χ2n) is 8.18. The molecule has 2 amide bonds. The molecule has 0 aliphatic carbocycles. The van der Waals surface area contributed by atoms with E-state index in [2.05, 4.69) is 5.32 Å². The smallest absolute Gasteiger partial charge is 0.407 e. The van der Waals surface area contributed by atoms with Crippen LogP contribution in [0.1, 0.15) is 45.2 Å². The Balaban J connectivity index is 1.55. The molecule has 1 aromatic rings. The number of rotatable bonds is 3. The van der Waals surface area contributed by atoms with E-state index in [1.165, 1.54) is 0 Å². The number of nitrogens with zero attached hydrogens (tertiary/aromatic N) is 2. The first-order chi connectivity index (χ1) is 12.2. The summed E-state index contributed by atoms with van der Waals surface area (Å²) < 4.78 is 7.02. The molecule has 7 nitrogen and oxygen atoms in total. The first kappa shape index (κ1) is 18.5. The van der Waals surface area contributed by atoms with Crippen molar-refractivity contribution in [1.82, 2.24) is 14.8 Å². The third-order valence-corrected chi connectivity index (χ3v) is 4.84. The molecule has 0 radical (unpaired) electrons. The Labute approximate surface area is 153 Å². The van der Waals surface area contributed by atoms with Gasteiger partial charge in [-0.25, -0.2) is 4.79 Å². The fourth-order valence-electron chi connectivity index (χ4n) is 3.84. The van der Waals surface area contributed by atoms with E-state index in [-0.39, 0.29) is 30.3 Å². The molecule has 3 heterocycles. The van der Waals surface area contributed by atoms with Gasteiger partial charge < -0.3 is 19.5 Å². The van der Waals surface area contributed by atoms with Crippen LogP contribution in [0, 0.1) is 5.92 Å². The van der Waals surface area contributed by atoms with Crippen LogP contribution in [-0.4, -0.2) is 46.7 Å². The highest BCUT2D eigenvalue weighted by Crippen LogP contribution is 2.35. The molecule has 1 saturated heterocycles. The van der Waals surface area contributed by atoms with E-state index in [0.717, 1.165) is 12.1 Å².